The molecule has 0 radical (unpaired) electrons. The van der Waals surface area contributed by atoms with Gasteiger partial charge in [0, 0.05) is 0 Å². The van der Waals surface area contributed by atoms with Crippen molar-refractivity contribution in [2.45, 2.75) is 170 Å². The maximum absolute atomic E-state index is 12.4. The lowest BCUT2D eigenvalue weighted by Gasteiger charge is -2.59. The van der Waals surface area contributed by atoms with Crippen LogP contribution in [0.15, 0.2) is 11.6 Å². The topological polar surface area (TPSA) is 37.3 Å². The van der Waals surface area contributed by atoms with Gasteiger partial charge in [0.05, 0.1) is 5.92 Å². The maximum atomic E-state index is 12.4. The molecular weight excluding hydrogens is 500 g/mol. The highest BCUT2D eigenvalue weighted by atomic mass is 16.4. The van der Waals surface area contributed by atoms with Crippen LogP contribution in [0.2, 0.25) is 0 Å². The van der Waals surface area contributed by atoms with Gasteiger partial charge in [0.25, 0.3) is 0 Å². The molecular formula is C39H68O2. The van der Waals surface area contributed by atoms with Gasteiger partial charge in [-0.2, -0.15) is 0 Å². The Hall–Kier alpha value is -0.790. The largest absolute Gasteiger partial charge is 0.481 e. The van der Waals surface area contributed by atoms with Crippen molar-refractivity contribution in [2.24, 2.45) is 58.2 Å². The van der Waals surface area contributed by atoms with Crippen molar-refractivity contribution in [2.75, 3.05) is 0 Å². The summed E-state index contributed by atoms with van der Waals surface area (Å²) in [6, 6.07) is 0. The highest BCUT2D eigenvalue weighted by Crippen LogP contribution is 2.67. The molecule has 3 fully saturated rings. The molecule has 2 nitrogen and oxygen atoms in total. The van der Waals surface area contributed by atoms with Crippen LogP contribution in [0.5, 0.6) is 0 Å². The maximum Gasteiger partial charge on any atom is 0.306 e. The molecule has 3 saturated carbocycles. The molecule has 1 N–H and O–H groups in total. The van der Waals surface area contributed by atoms with Gasteiger partial charge in [-0.25, -0.2) is 0 Å². The van der Waals surface area contributed by atoms with E-state index in [9.17, 15) is 9.90 Å². The second kappa shape index (κ2) is 14.8. The third kappa shape index (κ3) is 7.48. The van der Waals surface area contributed by atoms with Crippen LogP contribution < -0.4 is 0 Å². The van der Waals surface area contributed by atoms with Gasteiger partial charge in [0.2, 0.25) is 0 Å². The first kappa shape index (κ1) is 33.1. The zero-order valence-electron chi connectivity index (χ0n) is 28.2. The van der Waals surface area contributed by atoms with E-state index >= 15 is 0 Å². The zero-order chi connectivity index (χ0) is 29.6. The summed E-state index contributed by atoms with van der Waals surface area (Å²) in [5.41, 5.74) is 2.53. The molecule has 0 saturated heterocycles. The summed E-state index contributed by atoms with van der Waals surface area (Å²) in [4.78, 5) is 12.4. The normalized spacial score (nSPS) is 36.3. The fraction of sp³-hybridized carbons (Fsp3) is 0.923. The Morgan fingerprint density at radius 2 is 1.56 bits per heavy atom. The third-order valence-electron chi connectivity index (χ3n) is 13.6. The molecule has 0 amide bonds. The van der Waals surface area contributed by atoms with Gasteiger partial charge in [-0.15, -0.1) is 0 Å². The summed E-state index contributed by atoms with van der Waals surface area (Å²) in [6.45, 7) is 14.9. The zero-order valence-corrected chi connectivity index (χ0v) is 28.2. The van der Waals surface area contributed by atoms with Crippen molar-refractivity contribution in [3.63, 3.8) is 0 Å². The average Bonchev–Trinajstić information content (AvgIpc) is 3.29. The molecule has 1 unspecified atom stereocenters. The molecule has 4 aliphatic carbocycles. The molecule has 0 aromatic heterocycles. The number of carboxylic acids is 1. The summed E-state index contributed by atoms with van der Waals surface area (Å²) in [5.74, 6) is 4.90. The summed E-state index contributed by atoms with van der Waals surface area (Å²) >= 11 is 0. The first-order valence-electron chi connectivity index (χ1n) is 18.5. The van der Waals surface area contributed by atoms with Crippen LogP contribution in [0, 0.1) is 58.2 Å². The third-order valence-corrected chi connectivity index (χ3v) is 13.6. The average molecular weight is 569 g/mol. The summed E-state index contributed by atoms with van der Waals surface area (Å²) < 4.78 is 0. The van der Waals surface area contributed by atoms with Crippen molar-refractivity contribution >= 4 is 5.97 Å². The van der Waals surface area contributed by atoms with E-state index in [-0.39, 0.29) is 5.92 Å². The van der Waals surface area contributed by atoms with Gasteiger partial charge >= 0.3 is 5.97 Å². The summed E-state index contributed by atoms with van der Waals surface area (Å²) in [5, 5.41) is 10.2. The fourth-order valence-corrected chi connectivity index (χ4v) is 11.1. The minimum Gasteiger partial charge on any atom is -0.481 e. The molecule has 4 rings (SSSR count). The van der Waals surface area contributed by atoms with Crippen LogP contribution in [-0.2, 0) is 4.79 Å². The van der Waals surface area contributed by atoms with Crippen LogP contribution in [-0.4, -0.2) is 11.1 Å². The predicted molar refractivity (Wildman–Crippen MR) is 175 cm³/mol. The molecule has 0 bridgehead atoms. The fourth-order valence-electron chi connectivity index (χ4n) is 11.1. The number of fused-ring (bicyclic) bond motifs is 5. The predicted octanol–water partition coefficient (Wildman–Crippen LogP) is 11.9. The monoisotopic (exact) mass is 569 g/mol. The summed E-state index contributed by atoms with van der Waals surface area (Å²) in [7, 11) is 0. The van der Waals surface area contributed by atoms with Gasteiger partial charge in [-0.1, -0.05) is 124 Å². The standard InChI is InChI=1S/C39H68O2/c1-7-8-9-10-11-12-13-14-18-32(37(40)41)30-23-25-38(5)31(27-30)19-20-33-35-22-21-34(29(4)17-15-16-28(2)3)39(35,6)26-24-36(33)38/h19,28-30,32-36H,7-18,20-27H2,1-6H3,(H,40,41)/t29-,30+,32?,33+,34-,35+,36+,38+,39-/m1/s1. The Bertz CT molecular complexity index is 858. The van der Waals surface area contributed by atoms with Crippen LogP contribution in [0.1, 0.15) is 170 Å². The number of allylic oxidation sites excluding steroid dienone is 2. The number of hydrogen-bond acceptors (Lipinski definition) is 1. The van der Waals surface area contributed by atoms with Gasteiger partial charge in [-0.3, -0.25) is 4.79 Å². The molecule has 9 atom stereocenters. The number of hydrogen-bond donors (Lipinski definition) is 1. The van der Waals surface area contributed by atoms with E-state index in [1.165, 1.54) is 103 Å². The number of unbranched alkanes of at least 4 members (excludes halogenated alkanes) is 7. The Balaban J connectivity index is 1.34. The lowest BCUT2D eigenvalue weighted by Crippen LogP contribution is -2.51. The minimum absolute atomic E-state index is 0.138. The van der Waals surface area contributed by atoms with Gasteiger partial charge < -0.3 is 5.11 Å². The molecule has 2 heteroatoms. The Labute approximate surface area is 255 Å². The van der Waals surface area contributed by atoms with Gasteiger partial charge in [0.1, 0.15) is 0 Å². The Kier molecular flexibility index (Phi) is 11.9. The van der Waals surface area contributed by atoms with E-state index in [1.54, 1.807) is 5.57 Å². The second-order valence-electron chi connectivity index (χ2n) is 16.5. The van der Waals surface area contributed by atoms with Crippen molar-refractivity contribution in [1.82, 2.24) is 0 Å². The quantitative estimate of drug-likeness (QED) is 0.148. The van der Waals surface area contributed by atoms with E-state index < -0.39 is 5.97 Å². The first-order chi connectivity index (χ1) is 19.6. The van der Waals surface area contributed by atoms with Crippen LogP contribution >= 0.6 is 0 Å². The van der Waals surface area contributed by atoms with Gasteiger partial charge in [-0.05, 0) is 110 Å². The smallest absolute Gasteiger partial charge is 0.306 e. The SMILES string of the molecule is CCCCCCCCCCC(C(=O)O)[C@H]1CC[C@@]2(C)C(=CC[C@H]3[C@@H]4CC[C@H]([C@H](C)CCCC(C)C)[C@@]4(C)CC[C@@H]32)C1. The van der Waals surface area contributed by atoms with Crippen molar-refractivity contribution in [3.8, 4) is 0 Å². The minimum atomic E-state index is -0.524. The Morgan fingerprint density at radius 1 is 0.854 bits per heavy atom. The van der Waals surface area contributed by atoms with E-state index in [0.717, 1.165) is 61.2 Å². The number of carboxylic acid groups (broad SMARTS) is 1. The lowest BCUT2D eigenvalue weighted by atomic mass is 9.46. The highest BCUT2D eigenvalue weighted by Gasteiger charge is 2.59. The van der Waals surface area contributed by atoms with Crippen molar-refractivity contribution < 1.29 is 9.90 Å². The van der Waals surface area contributed by atoms with E-state index in [1.807, 2.05) is 0 Å². The number of carbonyl (C=O) groups is 1. The summed E-state index contributed by atoms with van der Waals surface area (Å²) in [6.07, 6.45) is 28.5. The van der Waals surface area contributed by atoms with Gasteiger partial charge in [0.15, 0.2) is 0 Å². The lowest BCUT2D eigenvalue weighted by molar-refractivity contribution is -0.144. The molecule has 0 spiro atoms. The second-order valence-corrected chi connectivity index (χ2v) is 16.5. The van der Waals surface area contributed by atoms with Crippen molar-refractivity contribution in [3.05, 3.63) is 11.6 Å². The number of rotatable bonds is 16. The van der Waals surface area contributed by atoms with Crippen molar-refractivity contribution in [1.29, 1.82) is 0 Å². The molecule has 0 heterocycles. The Morgan fingerprint density at radius 3 is 2.24 bits per heavy atom. The van der Waals surface area contributed by atoms with Crippen LogP contribution in [0.25, 0.3) is 0 Å². The van der Waals surface area contributed by atoms with E-state index in [2.05, 4.69) is 47.6 Å². The highest BCUT2D eigenvalue weighted by molar-refractivity contribution is 5.70. The van der Waals surface area contributed by atoms with E-state index in [4.69, 9.17) is 0 Å². The van der Waals surface area contributed by atoms with E-state index in [0.29, 0.717) is 16.7 Å². The molecule has 41 heavy (non-hydrogen) atoms. The molecule has 236 valence electrons. The molecule has 0 aromatic carbocycles. The first-order valence-corrected chi connectivity index (χ1v) is 18.5. The van der Waals surface area contributed by atoms with Crippen LogP contribution in [0.3, 0.4) is 0 Å². The number of aliphatic carboxylic acids is 1. The van der Waals surface area contributed by atoms with Crippen LogP contribution in [0.4, 0.5) is 0 Å². The molecule has 0 aliphatic heterocycles. The molecule has 4 aliphatic rings. The molecule has 0 aromatic rings.